The Kier molecular flexibility index (Phi) is 3.97. The second-order valence-corrected chi connectivity index (χ2v) is 6.45. The first kappa shape index (κ1) is 11.3. The van der Waals surface area contributed by atoms with Crippen LogP contribution in [-0.4, -0.2) is 23.8 Å². The summed E-state index contributed by atoms with van der Waals surface area (Å²) in [5.74, 6) is 0.853. The van der Waals surface area contributed by atoms with Gasteiger partial charge in [0.25, 0.3) is 0 Å². The molecule has 0 radical (unpaired) electrons. The van der Waals surface area contributed by atoms with Crippen LogP contribution in [0.5, 0.6) is 0 Å². The fourth-order valence-corrected chi connectivity index (χ4v) is 3.25. The lowest BCUT2D eigenvalue weighted by atomic mass is 9.89. The van der Waals surface area contributed by atoms with Crippen LogP contribution in [0.2, 0.25) is 0 Å². The molecule has 0 spiro atoms. The zero-order valence-electron chi connectivity index (χ0n) is 8.95. The summed E-state index contributed by atoms with van der Waals surface area (Å²) in [5.41, 5.74) is 0. The molecule has 0 N–H and O–H groups in total. The monoisotopic (exact) mass is 289 g/mol. The van der Waals surface area contributed by atoms with Crippen LogP contribution in [0.1, 0.15) is 32.1 Å². The molecule has 2 rings (SSSR count). The van der Waals surface area contributed by atoms with Gasteiger partial charge in [-0.3, -0.25) is 0 Å². The Morgan fingerprint density at radius 1 is 1.33 bits per heavy atom. The van der Waals surface area contributed by atoms with Crippen molar-refractivity contribution in [3.8, 4) is 0 Å². The number of aromatic nitrogens is 2. The summed E-state index contributed by atoms with van der Waals surface area (Å²) in [4.78, 5) is 2.23. The van der Waals surface area contributed by atoms with Crippen LogP contribution in [0.3, 0.4) is 0 Å². The Morgan fingerprint density at radius 3 is 2.67 bits per heavy atom. The molecule has 1 aromatic rings. The van der Waals surface area contributed by atoms with Crippen molar-refractivity contribution in [3.05, 3.63) is 3.92 Å². The molecular formula is C10H16BrN3S. The molecule has 1 aliphatic carbocycles. The summed E-state index contributed by atoms with van der Waals surface area (Å²) < 4.78 is 0.869. The van der Waals surface area contributed by atoms with Gasteiger partial charge < -0.3 is 4.90 Å². The Hall–Kier alpha value is -0.160. The van der Waals surface area contributed by atoms with E-state index in [1.165, 1.54) is 32.1 Å². The van der Waals surface area contributed by atoms with Crippen LogP contribution < -0.4 is 4.90 Å². The molecule has 1 saturated carbocycles. The summed E-state index contributed by atoms with van der Waals surface area (Å²) in [7, 11) is 2.11. The van der Waals surface area contributed by atoms with Gasteiger partial charge in [0, 0.05) is 13.6 Å². The topological polar surface area (TPSA) is 29.0 Å². The average Bonchev–Trinajstić information content (AvgIpc) is 2.66. The number of anilines is 1. The molecule has 0 atom stereocenters. The molecule has 5 heteroatoms. The van der Waals surface area contributed by atoms with Crippen molar-refractivity contribution in [1.29, 1.82) is 0 Å². The predicted octanol–water partition coefficient (Wildman–Crippen LogP) is 3.32. The van der Waals surface area contributed by atoms with Gasteiger partial charge in [0.2, 0.25) is 5.13 Å². The molecule has 1 aromatic heterocycles. The highest BCUT2D eigenvalue weighted by molar-refractivity contribution is 9.11. The smallest absolute Gasteiger partial charge is 0.208 e. The van der Waals surface area contributed by atoms with Crippen molar-refractivity contribution in [2.45, 2.75) is 32.1 Å². The third kappa shape index (κ3) is 3.14. The largest absolute Gasteiger partial charge is 0.349 e. The van der Waals surface area contributed by atoms with E-state index in [1.54, 1.807) is 11.3 Å². The minimum absolute atomic E-state index is 0.853. The fraction of sp³-hybridized carbons (Fsp3) is 0.800. The van der Waals surface area contributed by atoms with Crippen molar-refractivity contribution < 1.29 is 0 Å². The molecule has 0 aliphatic heterocycles. The van der Waals surface area contributed by atoms with Crippen LogP contribution in [0.15, 0.2) is 3.92 Å². The van der Waals surface area contributed by atoms with Crippen LogP contribution in [0.4, 0.5) is 5.13 Å². The van der Waals surface area contributed by atoms with Crippen LogP contribution in [-0.2, 0) is 0 Å². The van der Waals surface area contributed by atoms with Crippen LogP contribution in [0, 0.1) is 5.92 Å². The molecular weight excluding hydrogens is 274 g/mol. The number of hydrogen-bond acceptors (Lipinski definition) is 4. The van der Waals surface area contributed by atoms with E-state index in [0.717, 1.165) is 21.5 Å². The lowest BCUT2D eigenvalue weighted by molar-refractivity contribution is 0.362. The van der Waals surface area contributed by atoms with E-state index in [0.29, 0.717) is 0 Å². The van der Waals surface area contributed by atoms with Crippen LogP contribution in [0.25, 0.3) is 0 Å². The van der Waals surface area contributed by atoms with E-state index < -0.39 is 0 Å². The van der Waals surface area contributed by atoms with Crippen molar-refractivity contribution in [2.75, 3.05) is 18.5 Å². The molecule has 0 aromatic carbocycles. The minimum atomic E-state index is 0.853. The van der Waals surface area contributed by atoms with E-state index >= 15 is 0 Å². The number of hydrogen-bond donors (Lipinski definition) is 0. The third-order valence-electron chi connectivity index (χ3n) is 2.97. The van der Waals surface area contributed by atoms with Crippen molar-refractivity contribution >= 4 is 32.4 Å². The maximum absolute atomic E-state index is 4.13. The fourth-order valence-electron chi connectivity index (χ4n) is 2.19. The van der Waals surface area contributed by atoms with Crippen molar-refractivity contribution in [2.24, 2.45) is 5.92 Å². The first-order valence-corrected chi connectivity index (χ1v) is 7.07. The van der Waals surface area contributed by atoms with E-state index in [9.17, 15) is 0 Å². The molecule has 1 fully saturated rings. The van der Waals surface area contributed by atoms with Crippen molar-refractivity contribution in [1.82, 2.24) is 10.2 Å². The predicted molar refractivity (Wildman–Crippen MR) is 67.5 cm³/mol. The molecule has 3 nitrogen and oxygen atoms in total. The van der Waals surface area contributed by atoms with Gasteiger partial charge >= 0.3 is 0 Å². The Bertz CT molecular complexity index is 309. The van der Waals surface area contributed by atoms with Crippen LogP contribution >= 0.6 is 27.3 Å². The molecule has 15 heavy (non-hydrogen) atoms. The lowest BCUT2D eigenvalue weighted by Gasteiger charge is -2.26. The first-order valence-electron chi connectivity index (χ1n) is 5.46. The second-order valence-electron chi connectivity index (χ2n) is 4.22. The van der Waals surface area contributed by atoms with E-state index in [1.807, 2.05) is 0 Å². The highest BCUT2D eigenvalue weighted by Gasteiger charge is 2.17. The Balaban J connectivity index is 1.88. The highest BCUT2D eigenvalue weighted by atomic mass is 79.9. The number of rotatable bonds is 3. The third-order valence-corrected chi connectivity index (χ3v) is 4.44. The standard InChI is InChI=1S/C10H16BrN3S/c1-14(10-13-12-9(11)15-10)7-8-5-3-2-4-6-8/h8H,2-7H2,1H3. The summed E-state index contributed by atoms with van der Waals surface area (Å²) in [5, 5.41) is 9.12. The quantitative estimate of drug-likeness (QED) is 0.855. The van der Waals surface area contributed by atoms with Gasteiger partial charge in [0.15, 0.2) is 3.92 Å². The van der Waals surface area contributed by atoms with E-state index in [2.05, 4.69) is 38.1 Å². The van der Waals surface area contributed by atoms with Gasteiger partial charge in [-0.1, -0.05) is 30.6 Å². The van der Waals surface area contributed by atoms with Gasteiger partial charge in [-0.15, -0.1) is 10.2 Å². The van der Waals surface area contributed by atoms with E-state index in [4.69, 9.17) is 0 Å². The maximum atomic E-state index is 4.13. The normalized spacial score (nSPS) is 18.0. The van der Waals surface area contributed by atoms with Gasteiger partial charge in [0.05, 0.1) is 0 Å². The van der Waals surface area contributed by atoms with E-state index in [-0.39, 0.29) is 0 Å². The van der Waals surface area contributed by atoms with Crippen molar-refractivity contribution in [3.63, 3.8) is 0 Å². The van der Waals surface area contributed by atoms with Gasteiger partial charge in [-0.25, -0.2) is 0 Å². The first-order chi connectivity index (χ1) is 7.25. The molecule has 0 amide bonds. The highest BCUT2D eigenvalue weighted by Crippen LogP contribution is 2.28. The van der Waals surface area contributed by atoms with Gasteiger partial charge in [-0.2, -0.15) is 0 Å². The summed E-state index contributed by atoms with van der Waals surface area (Å²) in [6.45, 7) is 1.13. The van der Waals surface area contributed by atoms with Gasteiger partial charge in [-0.05, 0) is 34.7 Å². The second kappa shape index (κ2) is 5.25. The van der Waals surface area contributed by atoms with Gasteiger partial charge in [0.1, 0.15) is 0 Å². The SMILES string of the molecule is CN(CC1CCCCC1)c1nnc(Br)s1. The molecule has 1 aliphatic rings. The summed E-state index contributed by atoms with van der Waals surface area (Å²) in [6.07, 6.45) is 6.98. The number of halogens is 1. The average molecular weight is 290 g/mol. The Morgan fingerprint density at radius 2 is 2.07 bits per heavy atom. The zero-order chi connectivity index (χ0) is 10.7. The molecule has 0 unspecified atom stereocenters. The molecule has 0 bridgehead atoms. The summed E-state index contributed by atoms with van der Waals surface area (Å²) >= 11 is 4.95. The molecule has 84 valence electrons. The lowest BCUT2D eigenvalue weighted by Crippen LogP contribution is -2.26. The maximum Gasteiger partial charge on any atom is 0.208 e. The zero-order valence-corrected chi connectivity index (χ0v) is 11.4. The minimum Gasteiger partial charge on any atom is -0.349 e. The number of nitrogens with zero attached hydrogens (tertiary/aromatic N) is 3. The Labute approximate surface area is 103 Å². The molecule has 1 heterocycles. The molecule has 0 saturated heterocycles. The summed E-state index contributed by atoms with van der Waals surface area (Å²) in [6, 6.07) is 0.